The van der Waals surface area contributed by atoms with Gasteiger partial charge >= 0.3 is 0 Å². The smallest absolute Gasteiger partial charge is 0.254 e. The molecule has 0 spiro atoms. The number of nitrogens with zero attached hydrogens (tertiary/aromatic N) is 3. The summed E-state index contributed by atoms with van der Waals surface area (Å²) in [6.45, 7) is 11.4. The van der Waals surface area contributed by atoms with Gasteiger partial charge in [0.25, 0.3) is 5.91 Å². The highest BCUT2D eigenvalue weighted by atomic mass is 16.1. The normalized spacial score (nSPS) is 18.0. The lowest BCUT2D eigenvalue weighted by Crippen LogP contribution is -2.33. The van der Waals surface area contributed by atoms with E-state index in [2.05, 4.69) is 42.2 Å². The minimum Gasteiger partial charge on any atom is -0.352 e. The molecule has 1 aromatic carbocycles. The van der Waals surface area contributed by atoms with Crippen molar-refractivity contribution in [1.29, 1.82) is 0 Å². The quantitative estimate of drug-likeness (QED) is 0.910. The van der Waals surface area contributed by atoms with Crippen molar-refractivity contribution >= 4 is 5.91 Å². The van der Waals surface area contributed by atoms with Crippen LogP contribution in [0.25, 0.3) is 5.69 Å². The first kappa shape index (κ1) is 17.7. The molecule has 0 bridgehead atoms. The molecule has 2 aromatic rings. The van der Waals surface area contributed by atoms with E-state index in [9.17, 15) is 4.79 Å². The zero-order chi connectivity index (χ0) is 18.0. The molecule has 0 unspecified atom stereocenters. The fraction of sp³-hybridized carbons (Fsp3) is 0.500. The number of aryl methyl sites for hydroxylation is 1. The van der Waals surface area contributed by atoms with Crippen LogP contribution >= 0.6 is 0 Å². The van der Waals surface area contributed by atoms with Gasteiger partial charge in [-0.2, -0.15) is 5.10 Å². The maximum Gasteiger partial charge on any atom is 0.254 e. The minimum atomic E-state index is -0.0275. The molecule has 0 saturated carbocycles. The summed E-state index contributed by atoms with van der Waals surface area (Å²) in [4.78, 5) is 15.1. The van der Waals surface area contributed by atoms with Gasteiger partial charge in [0.05, 0.1) is 23.1 Å². The Kier molecular flexibility index (Phi) is 5.23. The monoisotopic (exact) mass is 340 g/mol. The zero-order valence-corrected chi connectivity index (χ0v) is 15.6. The number of amides is 1. The van der Waals surface area contributed by atoms with Crippen LogP contribution < -0.4 is 5.32 Å². The van der Waals surface area contributed by atoms with Crippen molar-refractivity contribution in [3.05, 3.63) is 47.3 Å². The molecule has 1 aliphatic heterocycles. The lowest BCUT2D eigenvalue weighted by molar-refractivity contribution is 0.0946. The van der Waals surface area contributed by atoms with Crippen LogP contribution in [0.3, 0.4) is 0 Å². The lowest BCUT2D eigenvalue weighted by Gasteiger charge is -2.20. The third kappa shape index (κ3) is 3.76. The molecule has 1 saturated heterocycles. The van der Waals surface area contributed by atoms with Crippen LogP contribution in [0.15, 0.2) is 30.5 Å². The molecular weight excluding hydrogens is 312 g/mol. The van der Waals surface area contributed by atoms with Crippen LogP contribution in [0.4, 0.5) is 0 Å². The highest BCUT2D eigenvalue weighted by Gasteiger charge is 2.25. The number of carbonyl (C=O) groups is 1. The van der Waals surface area contributed by atoms with E-state index in [-0.39, 0.29) is 5.91 Å². The Bertz CT molecular complexity index is 750. The Balaban J connectivity index is 1.65. The number of likely N-dealkylation sites (tertiary alicyclic amines) is 1. The molecule has 3 rings (SSSR count). The summed E-state index contributed by atoms with van der Waals surface area (Å²) in [5.41, 5.74) is 3.69. The maximum absolute atomic E-state index is 12.6. The molecule has 0 aliphatic carbocycles. The molecule has 1 atom stereocenters. The molecule has 134 valence electrons. The largest absolute Gasteiger partial charge is 0.352 e. The van der Waals surface area contributed by atoms with E-state index in [1.807, 2.05) is 29.8 Å². The molecule has 1 aliphatic rings. The number of hydrogen-bond acceptors (Lipinski definition) is 3. The second kappa shape index (κ2) is 7.40. The minimum absolute atomic E-state index is 0.0275. The summed E-state index contributed by atoms with van der Waals surface area (Å²) < 4.78 is 1.85. The number of carbonyl (C=O) groups excluding carboxylic acids is 1. The fourth-order valence-electron chi connectivity index (χ4n) is 3.51. The van der Waals surface area contributed by atoms with Gasteiger partial charge < -0.3 is 10.2 Å². The molecule has 1 aromatic heterocycles. The standard InChI is InChI=1S/C20H28N4O/c1-14(2)23-10-9-17(13-23)11-21-20(25)18-12-22-24(16(18)4)19-8-6-5-7-15(19)3/h5-8,12,14,17H,9-11,13H2,1-4H3,(H,21,25)/t17-/m1/s1. The SMILES string of the molecule is Cc1ccccc1-n1ncc(C(=O)NC[C@H]2CCN(C(C)C)C2)c1C. The number of rotatable bonds is 5. The van der Waals surface area contributed by atoms with E-state index >= 15 is 0 Å². The number of hydrogen-bond donors (Lipinski definition) is 1. The third-order valence-corrected chi connectivity index (χ3v) is 5.20. The Morgan fingerprint density at radius 2 is 2.08 bits per heavy atom. The van der Waals surface area contributed by atoms with E-state index in [1.54, 1.807) is 6.20 Å². The van der Waals surface area contributed by atoms with Crippen LogP contribution in [-0.4, -0.2) is 46.3 Å². The molecule has 1 N–H and O–H groups in total. The summed E-state index contributed by atoms with van der Waals surface area (Å²) >= 11 is 0. The number of benzene rings is 1. The molecule has 25 heavy (non-hydrogen) atoms. The average molecular weight is 340 g/mol. The van der Waals surface area contributed by atoms with Crippen molar-refractivity contribution in [2.45, 2.75) is 40.2 Å². The third-order valence-electron chi connectivity index (χ3n) is 5.20. The first-order chi connectivity index (χ1) is 12.0. The Labute approximate surface area is 150 Å². The molecule has 5 nitrogen and oxygen atoms in total. The summed E-state index contributed by atoms with van der Waals surface area (Å²) in [7, 11) is 0. The van der Waals surface area contributed by atoms with Crippen LogP contribution in [0.2, 0.25) is 0 Å². The van der Waals surface area contributed by atoms with Crippen molar-refractivity contribution in [2.75, 3.05) is 19.6 Å². The van der Waals surface area contributed by atoms with Gasteiger partial charge in [-0.3, -0.25) is 4.79 Å². The van der Waals surface area contributed by atoms with Gasteiger partial charge in [-0.1, -0.05) is 18.2 Å². The topological polar surface area (TPSA) is 50.2 Å². The zero-order valence-electron chi connectivity index (χ0n) is 15.6. The van der Waals surface area contributed by atoms with Gasteiger partial charge in [0.1, 0.15) is 0 Å². The van der Waals surface area contributed by atoms with Crippen molar-refractivity contribution in [3.8, 4) is 5.69 Å². The molecule has 0 radical (unpaired) electrons. The predicted molar refractivity (Wildman–Crippen MR) is 100 cm³/mol. The number of para-hydroxylation sites is 1. The first-order valence-corrected chi connectivity index (χ1v) is 9.10. The Hall–Kier alpha value is -2.14. The Morgan fingerprint density at radius 3 is 2.76 bits per heavy atom. The fourth-order valence-corrected chi connectivity index (χ4v) is 3.51. The van der Waals surface area contributed by atoms with E-state index in [0.717, 1.165) is 43.0 Å². The molecular formula is C20H28N4O. The highest BCUT2D eigenvalue weighted by Crippen LogP contribution is 2.19. The summed E-state index contributed by atoms with van der Waals surface area (Å²) in [5, 5.41) is 7.53. The van der Waals surface area contributed by atoms with Crippen molar-refractivity contribution in [1.82, 2.24) is 20.0 Å². The Morgan fingerprint density at radius 1 is 1.32 bits per heavy atom. The molecule has 2 heterocycles. The van der Waals surface area contributed by atoms with Gasteiger partial charge in [0.2, 0.25) is 0 Å². The van der Waals surface area contributed by atoms with Crippen LogP contribution in [0.1, 0.15) is 41.9 Å². The predicted octanol–water partition coefficient (Wildman–Crippen LogP) is 2.95. The summed E-state index contributed by atoms with van der Waals surface area (Å²) in [6, 6.07) is 8.65. The second-order valence-electron chi connectivity index (χ2n) is 7.30. The van der Waals surface area contributed by atoms with Crippen molar-refractivity contribution in [3.63, 3.8) is 0 Å². The number of aromatic nitrogens is 2. The highest BCUT2D eigenvalue weighted by molar-refractivity contribution is 5.95. The van der Waals surface area contributed by atoms with E-state index in [1.165, 1.54) is 0 Å². The summed E-state index contributed by atoms with van der Waals surface area (Å²) in [6.07, 6.45) is 2.83. The van der Waals surface area contributed by atoms with E-state index in [4.69, 9.17) is 0 Å². The van der Waals surface area contributed by atoms with E-state index in [0.29, 0.717) is 17.5 Å². The first-order valence-electron chi connectivity index (χ1n) is 9.10. The van der Waals surface area contributed by atoms with Crippen LogP contribution in [0.5, 0.6) is 0 Å². The van der Waals surface area contributed by atoms with Gasteiger partial charge in [-0.15, -0.1) is 0 Å². The van der Waals surface area contributed by atoms with Crippen molar-refractivity contribution in [2.24, 2.45) is 5.92 Å². The van der Waals surface area contributed by atoms with Gasteiger partial charge in [0, 0.05) is 19.1 Å². The van der Waals surface area contributed by atoms with Gasteiger partial charge in [-0.05, 0) is 58.2 Å². The van der Waals surface area contributed by atoms with Gasteiger partial charge in [0.15, 0.2) is 0 Å². The summed E-state index contributed by atoms with van der Waals surface area (Å²) in [5.74, 6) is 0.512. The van der Waals surface area contributed by atoms with E-state index < -0.39 is 0 Å². The second-order valence-corrected chi connectivity index (χ2v) is 7.30. The molecule has 1 amide bonds. The lowest BCUT2D eigenvalue weighted by atomic mass is 10.1. The maximum atomic E-state index is 12.6. The average Bonchev–Trinajstić information content (AvgIpc) is 3.20. The molecule has 1 fully saturated rings. The van der Waals surface area contributed by atoms with Crippen molar-refractivity contribution < 1.29 is 4.79 Å². The number of nitrogens with one attached hydrogen (secondary N) is 1. The van der Waals surface area contributed by atoms with Crippen LogP contribution in [-0.2, 0) is 0 Å². The van der Waals surface area contributed by atoms with Crippen LogP contribution in [0, 0.1) is 19.8 Å². The molecule has 5 heteroatoms. The van der Waals surface area contributed by atoms with Gasteiger partial charge in [-0.25, -0.2) is 4.68 Å².